The molecule has 0 bridgehead atoms. The van der Waals surface area contributed by atoms with Gasteiger partial charge in [-0.2, -0.15) is 0 Å². The molecule has 1 unspecified atom stereocenters. The number of esters is 1. The molecular weight excluding hydrogens is 442 g/mol. The average molecular weight is 474 g/mol. The Bertz CT molecular complexity index is 1220. The number of cyclic esters (lactones) is 1. The Hall–Kier alpha value is -3.64. The van der Waals surface area contributed by atoms with Crippen molar-refractivity contribution >= 4 is 17.6 Å². The minimum absolute atomic E-state index is 0.178. The number of nitrogens with one attached hydrogen (secondary N) is 1. The predicted octanol–water partition coefficient (Wildman–Crippen LogP) is 5.04. The van der Waals surface area contributed by atoms with Crippen LogP contribution >= 0.6 is 0 Å². The first kappa shape index (κ1) is 24.5. The molecule has 0 saturated heterocycles. The maximum absolute atomic E-state index is 13.6. The Kier molecular flexibility index (Phi) is 6.94. The smallest absolute Gasteiger partial charge is 0.338 e. The van der Waals surface area contributed by atoms with E-state index in [9.17, 15) is 14.7 Å². The summed E-state index contributed by atoms with van der Waals surface area (Å²) in [5.74, 6) is -0.135. The molecule has 4 rings (SSSR count). The molecule has 1 aliphatic heterocycles. The van der Waals surface area contributed by atoms with Crippen molar-refractivity contribution in [1.29, 1.82) is 0 Å². The van der Waals surface area contributed by atoms with E-state index in [2.05, 4.69) is 5.32 Å². The van der Waals surface area contributed by atoms with Gasteiger partial charge in [0.1, 0.15) is 18.0 Å². The van der Waals surface area contributed by atoms with Crippen molar-refractivity contribution < 1.29 is 24.2 Å². The summed E-state index contributed by atoms with van der Waals surface area (Å²) in [6, 6.07) is 22.5. The molecule has 0 fully saturated rings. The van der Waals surface area contributed by atoms with E-state index in [1.54, 1.807) is 25.3 Å². The summed E-state index contributed by atoms with van der Waals surface area (Å²) in [7, 11) is 1.62. The third-order valence-electron chi connectivity index (χ3n) is 6.61. The van der Waals surface area contributed by atoms with E-state index in [1.807, 2.05) is 68.4 Å². The maximum atomic E-state index is 13.6. The Balaban J connectivity index is 1.61. The average Bonchev–Trinajstić information content (AvgIpc) is 3.23. The highest BCUT2D eigenvalue weighted by atomic mass is 16.5. The van der Waals surface area contributed by atoms with Crippen LogP contribution in [0.15, 0.2) is 72.8 Å². The molecule has 0 saturated carbocycles. The molecular formula is C29H31NO5. The molecule has 1 aliphatic rings. The van der Waals surface area contributed by atoms with Crippen LogP contribution in [0.25, 0.3) is 0 Å². The van der Waals surface area contributed by atoms with Gasteiger partial charge >= 0.3 is 5.97 Å². The minimum Gasteiger partial charge on any atom is -0.496 e. The molecule has 6 heteroatoms. The van der Waals surface area contributed by atoms with Crippen molar-refractivity contribution in [2.75, 3.05) is 12.4 Å². The third kappa shape index (κ3) is 5.38. The van der Waals surface area contributed by atoms with Crippen LogP contribution in [0.3, 0.4) is 0 Å². The number of amides is 1. The van der Waals surface area contributed by atoms with E-state index in [1.165, 1.54) is 0 Å². The van der Waals surface area contributed by atoms with Gasteiger partial charge in [0.15, 0.2) is 0 Å². The van der Waals surface area contributed by atoms with Gasteiger partial charge in [0.2, 0.25) is 0 Å². The lowest BCUT2D eigenvalue weighted by molar-refractivity contribution is -0.137. The summed E-state index contributed by atoms with van der Waals surface area (Å²) < 4.78 is 10.6. The molecule has 35 heavy (non-hydrogen) atoms. The van der Waals surface area contributed by atoms with Crippen LogP contribution in [0.2, 0.25) is 0 Å². The predicted molar refractivity (Wildman–Crippen MR) is 135 cm³/mol. The number of anilines is 1. The molecule has 1 amide bonds. The number of carbonyl (C=O) groups excluding carboxylic acids is 2. The Labute approximate surface area is 205 Å². The number of para-hydroxylation sites is 1. The topological polar surface area (TPSA) is 84.9 Å². The first-order chi connectivity index (χ1) is 16.7. The first-order valence-electron chi connectivity index (χ1n) is 11.7. The normalized spacial score (nSPS) is 14.6. The van der Waals surface area contributed by atoms with E-state index < -0.39 is 16.9 Å². The number of fused-ring (bicyclic) bond motifs is 1. The lowest BCUT2D eigenvalue weighted by Crippen LogP contribution is -2.47. The van der Waals surface area contributed by atoms with Gasteiger partial charge in [0, 0.05) is 11.3 Å². The van der Waals surface area contributed by atoms with Gasteiger partial charge < -0.3 is 19.9 Å². The second kappa shape index (κ2) is 9.92. The lowest BCUT2D eigenvalue weighted by Gasteiger charge is -2.36. The van der Waals surface area contributed by atoms with Crippen molar-refractivity contribution in [3.63, 3.8) is 0 Å². The highest BCUT2D eigenvalue weighted by Gasteiger charge is 2.42. The standard InChI is InChI=1S/C29H31NO5/c1-28(2,24-11-7-8-12-25(24)34-3)19-29(33,16-15-20-9-5-4-6-10-20)27(32)30-22-13-14-23-21(17-22)18-35-26(23)31/h4-14,17,33H,15-16,18-19H2,1-3H3,(H,30,32). The van der Waals surface area contributed by atoms with Crippen LogP contribution in [0.4, 0.5) is 5.69 Å². The molecule has 6 nitrogen and oxygen atoms in total. The zero-order chi connectivity index (χ0) is 25.1. The number of aliphatic hydroxyl groups is 1. The fourth-order valence-corrected chi connectivity index (χ4v) is 4.77. The highest BCUT2D eigenvalue weighted by Crippen LogP contribution is 2.39. The quantitative estimate of drug-likeness (QED) is 0.426. The van der Waals surface area contributed by atoms with Crippen LogP contribution in [0.1, 0.15) is 53.7 Å². The van der Waals surface area contributed by atoms with Gasteiger partial charge in [-0.15, -0.1) is 0 Å². The van der Waals surface area contributed by atoms with Gasteiger partial charge in [-0.25, -0.2) is 4.79 Å². The highest BCUT2D eigenvalue weighted by molar-refractivity contribution is 5.99. The Morgan fingerprint density at radius 1 is 1.06 bits per heavy atom. The number of aryl methyl sites for hydroxylation is 1. The van der Waals surface area contributed by atoms with Crippen LogP contribution in [0, 0.1) is 0 Å². The number of hydrogen-bond donors (Lipinski definition) is 2. The zero-order valence-electron chi connectivity index (χ0n) is 20.3. The molecule has 2 N–H and O–H groups in total. The summed E-state index contributed by atoms with van der Waals surface area (Å²) in [5.41, 5.74) is 1.47. The number of carbonyl (C=O) groups is 2. The summed E-state index contributed by atoms with van der Waals surface area (Å²) in [4.78, 5) is 25.4. The van der Waals surface area contributed by atoms with Crippen molar-refractivity contribution in [3.8, 4) is 5.75 Å². The Morgan fingerprint density at radius 3 is 2.51 bits per heavy atom. The van der Waals surface area contributed by atoms with Crippen LogP contribution < -0.4 is 10.1 Å². The van der Waals surface area contributed by atoms with Gasteiger partial charge in [0.25, 0.3) is 5.91 Å². The first-order valence-corrected chi connectivity index (χ1v) is 11.7. The SMILES string of the molecule is COc1ccccc1C(C)(C)CC(O)(CCc1ccccc1)C(=O)Nc1ccc2c(c1)COC2=O. The second-order valence-electron chi connectivity index (χ2n) is 9.68. The Morgan fingerprint density at radius 2 is 1.77 bits per heavy atom. The second-order valence-corrected chi connectivity index (χ2v) is 9.68. The summed E-state index contributed by atoms with van der Waals surface area (Å²) >= 11 is 0. The largest absolute Gasteiger partial charge is 0.496 e. The summed E-state index contributed by atoms with van der Waals surface area (Å²) in [6.45, 7) is 4.19. The van der Waals surface area contributed by atoms with Crippen LogP contribution in [-0.2, 0) is 28.0 Å². The van der Waals surface area contributed by atoms with Crippen molar-refractivity contribution in [2.24, 2.45) is 0 Å². The van der Waals surface area contributed by atoms with Gasteiger partial charge in [-0.1, -0.05) is 62.4 Å². The van der Waals surface area contributed by atoms with Crippen molar-refractivity contribution in [2.45, 2.75) is 50.7 Å². The van der Waals surface area contributed by atoms with Crippen LogP contribution in [0.5, 0.6) is 5.75 Å². The van der Waals surface area contributed by atoms with Gasteiger partial charge in [0.05, 0.1) is 12.7 Å². The fraction of sp³-hybridized carbons (Fsp3) is 0.310. The molecule has 3 aromatic carbocycles. The van der Waals surface area contributed by atoms with Crippen LogP contribution in [-0.4, -0.2) is 29.7 Å². The molecule has 0 aliphatic carbocycles. The maximum Gasteiger partial charge on any atom is 0.338 e. The summed E-state index contributed by atoms with van der Waals surface area (Å²) in [5, 5.41) is 14.7. The monoisotopic (exact) mass is 473 g/mol. The van der Waals surface area contributed by atoms with Crippen molar-refractivity contribution in [3.05, 3.63) is 95.1 Å². The van der Waals surface area contributed by atoms with E-state index in [0.717, 1.165) is 16.7 Å². The number of rotatable bonds is 9. The minimum atomic E-state index is -1.66. The van der Waals surface area contributed by atoms with Crippen molar-refractivity contribution in [1.82, 2.24) is 0 Å². The molecule has 1 atom stereocenters. The van der Waals surface area contributed by atoms with E-state index in [4.69, 9.17) is 9.47 Å². The van der Waals surface area contributed by atoms with E-state index in [0.29, 0.717) is 23.4 Å². The molecule has 0 spiro atoms. The molecule has 0 aromatic heterocycles. The number of ether oxygens (including phenoxy) is 2. The number of methoxy groups -OCH3 is 1. The van der Waals surface area contributed by atoms with E-state index >= 15 is 0 Å². The molecule has 1 heterocycles. The molecule has 0 radical (unpaired) electrons. The molecule has 3 aromatic rings. The third-order valence-corrected chi connectivity index (χ3v) is 6.61. The lowest BCUT2D eigenvalue weighted by atomic mass is 9.73. The van der Waals surface area contributed by atoms with Gasteiger partial charge in [-0.3, -0.25) is 4.79 Å². The van der Waals surface area contributed by atoms with E-state index in [-0.39, 0.29) is 25.4 Å². The number of hydrogen-bond acceptors (Lipinski definition) is 5. The zero-order valence-corrected chi connectivity index (χ0v) is 20.3. The fourth-order valence-electron chi connectivity index (χ4n) is 4.77. The van der Waals surface area contributed by atoms with Gasteiger partial charge in [-0.05, 0) is 60.1 Å². The number of benzene rings is 3. The molecule has 182 valence electrons. The summed E-state index contributed by atoms with van der Waals surface area (Å²) in [6.07, 6.45) is 0.971.